The van der Waals surface area contributed by atoms with E-state index in [1.165, 1.54) is 0 Å². The van der Waals surface area contributed by atoms with Gasteiger partial charge in [-0.1, -0.05) is 60.5 Å². The van der Waals surface area contributed by atoms with Gasteiger partial charge in [-0.05, 0) is 48.7 Å². The molecule has 0 spiro atoms. The number of hydrogen-bond acceptors (Lipinski definition) is 4. The van der Waals surface area contributed by atoms with Crippen LogP contribution in [0.15, 0.2) is 66.9 Å². The van der Waals surface area contributed by atoms with Gasteiger partial charge in [-0.25, -0.2) is 4.98 Å². The van der Waals surface area contributed by atoms with Gasteiger partial charge in [-0.15, -0.1) is 0 Å². The third-order valence-electron chi connectivity index (χ3n) is 6.21. The summed E-state index contributed by atoms with van der Waals surface area (Å²) in [5, 5.41) is 3.85. The van der Waals surface area contributed by atoms with Crippen molar-refractivity contribution in [1.29, 1.82) is 0 Å². The minimum absolute atomic E-state index is 0.0435. The molecule has 0 aliphatic carbocycles. The van der Waals surface area contributed by atoms with Gasteiger partial charge in [0.05, 0.1) is 28.4 Å². The fourth-order valence-corrected chi connectivity index (χ4v) is 4.81. The molecule has 6 nitrogen and oxygen atoms in total. The Hall–Kier alpha value is -3.09. The van der Waals surface area contributed by atoms with E-state index in [2.05, 4.69) is 15.2 Å². The number of anilines is 2. The molecule has 1 aliphatic rings. The largest absolute Gasteiger partial charge is 0.355 e. The van der Waals surface area contributed by atoms with Crippen molar-refractivity contribution in [2.24, 2.45) is 0 Å². The molecule has 0 bridgehead atoms. The first kappa shape index (κ1) is 25.0. The summed E-state index contributed by atoms with van der Waals surface area (Å²) in [5.41, 5.74) is 2.13. The molecular formula is C27H28Cl2N4O2. The van der Waals surface area contributed by atoms with Crippen LogP contribution in [0.3, 0.4) is 0 Å². The predicted molar refractivity (Wildman–Crippen MR) is 142 cm³/mol. The molecule has 182 valence electrons. The molecule has 1 fully saturated rings. The lowest BCUT2D eigenvalue weighted by Gasteiger charge is -2.23. The number of amides is 2. The van der Waals surface area contributed by atoms with Crippen molar-refractivity contribution >= 4 is 46.5 Å². The number of carbonyl (C=O) groups excluding carboxylic acids is 2. The molecule has 1 atom stereocenters. The monoisotopic (exact) mass is 510 g/mol. The molecule has 1 N–H and O–H groups in total. The van der Waals surface area contributed by atoms with E-state index in [1.54, 1.807) is 24.4 Å². The third kappa shape index (κ3) is 6.13. The van der Waals surface area contributed by atoms with Crippen LogP contribution < -0.4 is 10.2 Å². The Balaban J connectivity index is 1.37. The van der Waals surface area contributed by atoms with Crippen LogP contribution in [0.5, 0.6) is 0 Å². The lowest BCUT2D eigenvalue weighted by atomic mass is 9.95. The van der Waals surface area contributed by atoms with Crippen LogP contribution in [0, 0.1) is 0 Å². The highest BCUT2D eigenvalue weighted by atomic mass is 35.5. The molecule has 0 saturated carbocycles. The first-order valence-electron chi connectivity index (χ1n) is 11.8. The Labute approximate surface area is 215 Å². The van der Waals surface area contributed by atoms with Crippen LogP contribution in [-0.2, 0) is 4.79 Å². The van der Waals surface area contributed by atoms with E-state index in [0.29, 0.717) is 47.4 Å². The van der Waals surface area contributed by atoms with Crippen LogP contribution in [0.2, 0.25) is 10.0 Å². The number of nitrogens with one attached hydrogen (secondary N) is 1. The molecule has 0 radical (unpaired) electrons. The minimum Gasteiger partial charge on any atom is -0.355 e. The highest BCUT2D eigenvalue weighted by Crippen LogP contribution is 2.25. The Morgan fingerprint density at radius 2 is 1.80 bits per heavy atom. The predicted octanol–water partition coefficient (Wildman–Crippen LogP) is 5.87. The summed E-state index contributed by atoms with van der Waals surface area (Å²) >= 11 is 12.2. The maximum atomic E-state index is 13.0. The average Bonchev–Trinajstić information content (AvgIpc) is 3.12. The van der Waals surface area contributed by atoms with Crippen LogP contribution in [0.1, 0.15) is 41.6 Å². The minimum atomic E-state index is -0.209. The molecule has 0 unspecified atom stereocenters. The van der Waals surface area contributed by atoms with Gasteiger partial charge in [-0.3, -0.25) is 9.59 Å². The maximum Gasteiger partial charge on any atom is 0.255 e. The van der Waals surface area contributed by atoms with E-state index in [1.807, 2.05) is 54.3 Å². The molecule has 2 amide bonds. The summed E-state index contributed by atoms with van der Waals surface area (Å²) in [6, 6.07) is 18.5. The number of halogens is 2. The molecule has 35 heavy (non-hydrogen) atoms. The van der Waals surface area contributed by atoms with E-state index in [9.17, 15) is 9.59 Å². The Bertz CT molecular complexity index is 1170. The topological polar surface area (TPSA) is 65.5 Å². The van der Waals surface area contributed by atoms with Gasteiger partial charge < -0.3 is 15.1 Å². The van der Waals surface area contributed by atoms with Crippen molar-refractivity contribution in [2.45, 2.75) is 25.7 Å². The molecule has 1 aliphatic heterocycles. The van der Waals surface area contributed by atoms with Gasteiger partial charge in [-0.2, -0.15) is 0 Å². The van der Waals surface area contributed by atoms with E-state index in [-0.39, 0.29) is 17.7 Å². The second-order valence-electron chi connectivity index (χ2n) is 8.52. The van der Waals surface area contributed by atoms with Crippen LogP contribution in [0.4, 0.5) is 11.5 Å². The second-order valence-corrected chi connectivity index (χ2v) is 9.37. The van der Waals surface area contributed by atoms with Crippen molar-refractivity contribution in [2.75, 3.05) is 36.4 Å². The van der Waals surface area contributed by atoms with Crippen LogP contribution in [0.25, 0.3) is 0 Å². The number of carbonyl (C=O) groups is 2. The van der Waals surface area contributed by atoms with Gasteiger partial charge in [0.1, 0.15) is 5.82 Å². The summed E-state index contributed by atoms with van der Waals surface area (Å²) in [6.45, 7) is 4.64. The summed E-state index contributed by atoms with van der Waals surface area (Å²) in [4.78, 5) is 34.4. The normalized spacial score (nSPS) is 14.8. The van der Waals surface area contributed by atoms with E-state index in [4.69, 9.17) is 23.2 Å². The van der Waals surface area contributed by atoms with Crippen molar-refractivity contribution in [3.05, 3.63) is 88.0 Å². The fraction of sp³-hybridized carbons (Fsp3) is 0.296. The third-order valence-corrected chi connectivity index (χ3v) is 6.76. The summed E-state index contributed by atoms with van der Waals surface area (Å²) in [5.74, 6) is 0.470. The Kier molecular flexibility index (Phi) is 8.26. The molecular weight excluding hydrogens is 483 g/mol. The molecule has 2 heterocycles. The number of rotatable bonds is 6. The Morgan fingerprint density at radius 1 is 1.00 bits per heavy atom. The fourth-order valence-electron chi connectivity index (χ4n) is 4.32. The van der Waals surface area contributed by atoms with Gasteiger partial charge >= 0.3 is 0 Å². The number of aromatic nitrogens is 1. The van der Waals surface area contributed by atoms with Gasteiger partial charge in [0.2, 0.25) is 5.91 Å². The van der Waals surface area contributed by atoms with Crippen molar-refractivity contribution < 1.29 is 9.59 Å². The first-order chi connectivity index (χ1) is 17.0. The van der Waals surface area contributed by atoms with E-state index < -0.39 is 0 Å². The number of benzene rings is 2. The molecule has 1 aromatic heterocycles. The lowest BCUT2D eigenvalue weighted by molar-refractivity contribution is -0.117. The smallest absolute Gasteiger partial charge is 0.255 e. The number of nitrogens with zero attached hydrogens (tertiary/aromatic N) is 3. The molecule has 1 saturated heterocycles. The molecule has 8 heteroatoms. The van der Waals surface area contributed by atoms with E-state index >= 15 is 0 Å². The van der Waals surface area contributed by atoms with Crippen molar-refractivity contribution in [3.8, 4) is 0 Å². The average molecular weight is 511 g/mol. The number of pyridine rings is 1. The molecule has 4 rings (SSSR count). The van der Waals surface area contributed by atoms with Gasteiger partial charge in [0.15, 0.2) is 0 Å². The zero-order valence-corrected chi connectivity index (χ0v) is 21.1. The van der Waals surface area contributed by atoms with Crippen LogP contribution >= 0.6 is 23.2 Å². The molecule has 3 aromatic rings. The van der Waals surface area contributed by atoms with Gasteiger partial charge in [0.25, 0.3) is 5.91 Å². The highest BCUT2D eigenvalue weighted by Gasteiger charge is 2.23. The lowest BCUT2D eigenvalue weighted by Crippen LogP contribution is -2.35. The zero-order valence-electron chi connectivity index (χ0n) is 19.6. The SMILES string of the molecule is CC[C@@H](C(=O)Nc1ccc(N2CCCN(C(=O)c3ccc(Cl)cc3Cl)CC2)nc1)c1ccccc1. The summed E-state index contributed by atoms with van der Waals surface area (Å²) in [6.07, 6.45) is 3.21. The summed E-state index contributed by atoms with van der Waals surface area (Å²) in [7, 11) is 0. The maximum absolute atomic E-state index is 13.0. The second kappa shape index (κ2) is 11.6. The van der Waals surface area contributed by atoms with Crippen molar-refractivity contribution in [3.63, 3.8) is 0 Å². The Morgan fingerprint density at radius 3 is 2.49 bits per heavy atom. The number of hydrogen-bond donors (Lipinski definition) is 1. The zero-order chi connectivity index (χ0) is 24.8. The van der Waals surface area contributed by atoms with Gasteiger partial charge in [0, 0.05) is 31.2 Å². The highest BCUT2D eigenvalue weighted by molar-refractivity contribution is 6.36. The quantitative estimate of drug-likeness (QED) is 0.450. The first-order valence-corrected chi connectivity index (χ1v) is 12.5. The van der Waals surface area contributed by atoms with Crippen molar-refractivity contribution in [1.82, 2.24) is 9.88 Å². The van der Waals surface area contributed by atoms with Crippen LogP contribution in [-0.4, -0.2) is 47.9 Å². The summed E-state index contributed by atoms with van der Waals surface area (Å²) < 4.78 is 0. The van der Waals surface area contributed by atoms with E-state index in [0.717, 1.165) is 24.3 Å². The molecule has 2 aromatic carbocycles. The standard InChI is InChI=1S/C27H28Cl2N4O2/c1-2-22(19-7-4-3-5-8-19)26(34)31-21-10-12-25(30-18-21)32-13-6-14-33(16-15-32)27(35)23-11-9-20(28)17-24(23)29/h3-5,7-12,17-18,22H,2,6,13-16H2,1H3,(H,31,34)/t22-/m1/s1.